The minimum Gasteiger partial charge on any atom is -0.462 e. The molecule has 0 aliphatic heterocycles. The Morgan fingerprint density at radius 2 is 1.68 bits per heavy atom. The molecule has 2 aromatic rings. The summed E-state index contributed by atoms with van der Waals surface area (Å²) >= 11 is 0. The molecule has 0 saturated heterocycles. The van der Waals surface area contributed by atoms with Gasteiger partial charge in [0.25, 0.3) is 0 Å². The van der Waals surface area contributed by atoms with Crippen molar-refractivity contribution in [3.05, 3.63) is 53.7 Å². The second kappa shape index (κ2) is 12.3. The van der Waals surface area contributed by atoms with E-state index in [1.807, 2.05) is 30.5 Å². The molecule has 0 aliphatic carbocycles. The zero-order chi connectivity index (χ0) is 20.2. The third-order valence-corrected chi connectivity index (χ3v) is 5.26. The molecular formula is C25H35NO2. The van der Waals surface area contributed by atoms with Crippen LogP contribution in [0.3, 0.4) is 0 Å². The first kappa shape index (κ1) is 22.1. The van der Waals surface area contributed by atoms with Crippen LogP contribution in [0.1, 0.15) is 81.6 Å². The lowest BCUT2D eigenvalue weighted by Crippen LogP contribution is -2.11. The van der Waals surface area contributed by atoms with Gasteiger partial charge in [-0.1, -0.05) is 77.5 Å². The van der Waals surface area contributed by atoms with E-state index in [0.29, 0.717) is 18.1 Å². The molecule has 1 aromatic carbocycles. The van der Waals surface area contributed by atoms with Crippen molar-refractivity contribution in [1.82, 2.24) is 4.98 Å². The van der Waals surface area contributed by atoms with E-state index >= 15 is 0 Å². The normalized spacial score (nSPS) is 12.0. The fourth-order valence-corrected chi connectivity index (χ4v) is 3.05. The first-order valence-corrected chi connectivity index (χ1v) is 10.9. The number of hydrogen-bond acceptors (Lipinski definition) is 3. The Balaban J connectivity index is 1.83. The summed E-state index contributed by atoms with van der Waals surface area (Å²) < 4.78 is 5.36. The average molecular weight is 382 g/mol. The van der Waals surface area contributed by atoms with E-state index in [9.17, 15) is 4.79 Å². The third-order valence-electron chi connectivity index (χ3n) is 5.26. The molecule has 0 fully saturated rings. The highest BCUT2D eigenvalue weighted by Crippen LogP contribution is 2.19. The highest BCUT2D eigenvalue weighted by atomic mass is 16.5. The largest absolute Gasteiger partial charge is 0.462 e. The van der Waals surface area contributed by atoms with Gasteiger partial charge < -0.3 is 4.74 Å². The summed E-state index contributed by atoms with van der Waals surface area (Å²) in [7, 11) is 0. The number of unbranched alkanes of at least 4 members (excludes halogenated alkanes) is 5. The van der Waals surface area contributed by atoms with Gasteiger partial charge in [0.05, 0.1) is 17.9 Å². The van der Waals surface area contributed by atoms with Gasteiger partial charge >= 0.3 is 5.97 Å². The van der Waals surface area contributed by atoms with E-state index in [-0.39, 0.29) is 5.97 Å². The summed E-state index contributed by atoms with van der Waals surface area (Å²) in [5, 5.41) is 0. The van der Waals surface area contributed by atoms with Crippen molar-refractivity contribution in [2.45, 2.75) is 72.1 Å². The average Bonchev–Trinajstić information content (AvgIpc) is 2.74. The molecule has 0 N–H and O–H groups in total. The molecule has 1 heterocycles. The number of esters is 1. The minimum absolute atomic E-state index is 0.255. The molecule has 152 valence electrons. The van der Waals surface area contributed by atoms with Crippen molar-refractivity contribution in [3.8, 4) is 11.3 Å². The van der Waals surface area contributed by atoms with Crippen molar-refractivity contribution < 1.29 is 9.53 Å². The highest BCUT2D eigenvalue weighted by molar-refractivity contribution is 5.90. The summed E-state index contributed by atoms with van der Waals surface area (Å²) in [4.78, 5) is 16.7. The van der Waals surface area contributed by atoms with E-state index in [0.717, 1.165) is 24.1 Å². The van der Waals surface area contributed by atoms with Gasteiger partial charge in [-0.2, -0.15) is 0 Å². The van der Waals surface area contributed by atoms with Crippen LogP contribution >= 0.6 is 0 Å². The van der Waals surface area contributed by atoms with Crippen molar-refractivity contribution in [3.63, 3.8) is 0 Å². The zero-order valence-electron chi connectivity index (χ0n) is 17.7. The first-order chi connectivity index (χ1) is 13.6. The molecule has 28 heavy (non-hydrogen) atoms. The van der Waals surface area contributed by atoms with E-state index in [2.05, 4.69) is 37.9 Å². The van der Waals surface area contributed by atoms with Crippen LogP contribution in [0, 0.1) is 5.92 Å². The summed E-state index contributed by atoms with van der Waals surface area (Å²) in [6.45, 7) is 6.90. The Hall–Kier alpha value is -2.16. The van der Waals surface area contributed by atoms with Gasteiger partial charge in [-0.3, -0.25) is 4.98 Å². The third kappa shape index (κ3) is 7.46. The summed E-state index contributed by atoms with van der Waals surface area (Å²) in [5.41, 5.74) is 3.84. The van der Waals surface area contributed by atoms with Gasteiger partial charge in [0, 0.05) is 11.8 Å². The monoisotopic (exact) mass is 381 g/mol. The lowest BCUT2D eigenvalue weighted by Gasteiger charge is -2.10. The number of hydrogen-bond donors (Lipinski definition) is 0. The number of rotatable bonds is 12. The standard InChI is InChI=1S/C25H35NO2/c1-4-6-7-8-9-10-11-21-12-17-24(26-18-21)22-13-15-23(16-14-22)25(27)28-19-20(3)5-2/h12-18,20H,4-11,19H2,1-3H3. The Labute approximate surface area is 170 Å². The van der Waals surface area contributed by atoms with E-state index < -0.39 is 0 Å². The molecule has 0 bridgehead atoms. The van der Waals surface area contributed by atoms with Crippen LogP contribution in [-0.4, -0.2) is 17.6 Å². The molecular weight excluding hydrogens is 346 g/mol. The lowest BCUT2D eigenvalue weighted by atomic mass is 10.0. The molecule has 0 amide bonds. The second-order valence-corrected chi connectivity index (χ2v) is 7.76. The van der Waals surface area contributed by atoms with Gasteiger partial charge in [-0.15, -0.1) is 0 Å². The van der Waals surface area contributed by atoms with Crippen LogP contribution in [0.2, 0.25) is 0 Å². The smallest absolute Gasteiger partial charge is 0.338 e. The van der Waals surface area contributed by atoms with Gasteiger partial charge in [0.15, 0.2) is 0 Å². The molecule has 0 saturated carbocycles. The highest BCUT2D eigenvalue weighted by Gasteiger charge is 2.09. The Bertz CT molecular complexity index is 691. The maximum atomic E-state index is 12.1. The molecule has 0 radical (unpaired) electrons. The fraction of sp³-hybridized carbons (Fsp3) is 0.520. The predicted molar refractivity (Wildman–Crippen MR) is 116 cm³/mol. The van der Waals surface area contributed by atoms with Crippen molar-refractivity contribution in [2.24, 2.45) is 5.92 Å². The van der Waals surface area contributed by atoms with Crippen LogP contribution < -0.4 is 0 Å². The van der Waals surface area contributed by atoms with Crippen LogP contribution in [0.5, 0.6) is 0 Å². The maximum absolute atomic E-state index is 12.1. The lowest BCUT2D eigenvalue weighted by molar-refractivity contribution is 0.0447. The Morgan fingerprint density at radius 3 is 2.32 bits per heavy atom. The minimum atomic E-state index is -0.255. The summed E-state index contributed by atoms with van der Waals surface area (Å²) in [6.07, 6.45) is 12.0. The van der Waals surface area contributed by atoms with Crippen LogP contribution in [-0.2, 0) is 11.2 Å². The topological polar surface area (TPSA) is 39.2 Å². The van der Waals surface area contributed by atoms with Crippen LogP contribution in [0.4, 0.5) is 0 Å². The van der Waals surface area contributed by atoms with Crippen molar-refractivity contribution in [1.29, 1.82) is 0 Å². The van der Waals surface area contributed by atoms with Crippen LogP contribution in [0.15, 0.2) is 42.6 Å². The predicted octanol–water partition coefficient (Wildman–Crippen LogP) is 6.85. The number of aromatic nitrogens is 1. The quantitative estimate of drug-likeness (QED) is 0.298. The molecule has 2 rings (SSSR count). The number of ether oxygens (including phenoxy) is 1. The van der Waals surface area contributed by atoms with E-state index in [1.54, 1.807) is 0 Å². The number of carbonyl (C=O) groups excluding carboxylic acids is 1. The van der Waals surface area contributed by atoms with E-state index in [4.69, 9.17) is 4.74 Å². The zero-order valence-corrected chi connectivity index (χ0v) is 17.7. The summed E-state index contributed by atoms with van der Waals surface area (Å²) in [5.74, 6) is 0.136. The molecule has 1 unspecified atom stereocenters. The second-order valence-electron chi connectivity index (χ2n) is 7.76. The number of benzene rings is 1. The first-order valence-electron chi connectivity index (χ1n) is 10.9. The van der Waals surface area contributed by atoms with Crippen molar-refractivity contribution in [2.75, 3.05) is 6.61 Å². The number of pyridine rings is 1. The molecule has 3 nitrogen and oxygen atoms in total. The Kier molecular flexibility index (Phi) is 9.74. The molecule has 1 aromatic heterocycles. The SMILES string of the molecule is CCCCCCCCc1ccc(-c2ccc(C(=O)OCC(C)CC)cc2)nc1. The van der Waals surface area contributed by atoms with Crippen LogP contribution in [0.25, 0.3) is 11.3 Å². The molecule has 3 heteroatoms. The number of nitrogens with zero attached hydrogens (tertiary/aromatic N) is 1. The van der Waals surface area contributed by atoms with Gasteiger partial charge in [0.1, 0.15) is 0 Å². The molecule has 0 aliphatic rings. The fourth-order valence-electron chi connectivity index (χ4n) is 3.05. The number of carbonyl (C=O) groups is 1. The van der Waals surface area contributed by atoms with Crippen molar-refractivity contribution >= 4 is 5.97 Å². The van der Waals surface area contributed by atoms with Gasteiger partial charge in [-0.25, -0.2) is 4.79 Å². The van der Waals surface area contributed by atoms with Gasteiger partial charge in [-0.05, 0) is 42.5 Å². The Morgan fingerprint density at radius 1 is 0.964 bits per heavy atom. The maximum Gasteiger partial charge on any atom is 0.338 e. The molecule has 1 atom stereocenters. The van der Waals surface area contributed by atoms with E-state index in [1.165, 1.54) is 44.1 Å². The summed E-state index contributed by atoms with van der Waals surface area (Å²) in [6, 6.07) is 11.8. The van der Waals surface area contributed by atoms with Gasteiger partial charge in [0.2, 0.25) is 0 Å². The number of aryl methyl sites for hydroxylation is 1. The molecule has 0 spiro atoms.